The lowest BCUT2D eigenvalue weighted by atomic mass is 9.99. The Labute approximate surface area is 77.4 Å². The van der Waals surface area contributed by atoms with Gasteiger partial charge in [-0.3, -0.25) is 0 Å². The van der Waals surface area contributed by atoms with Gasteiger partial charge in [-0.1, -0.05) is 42.5 Å². The van der Waals surface area contributed by atoms with Gasteiger partial charge >= 0.3 is 0 Å². The van der Waals surface area contributed by atoms with E-state index in [1.54, 1.807) is 0 Å². The van der Waals surface area contributed by atoms with Gasteiger partial charge in [0.05, 0.1) is 0 Å². The molecule has 0 nitrogen and oxygen atoms in total. The third kappa shape index (κ3) is 1.69. The lowest BCUT2D eigenvalue weighted by Gasteiger charge is -2.09. The molecule has 0 unspecified atom stereocenters. The molecule has 0 aromatic heterocycles. The Morgan fingerprint density at radius 3 is 2.54 bits per heavy atom. The van der Waals surface area contributed by atoms with Crippen LogP contribution >= 0.6 is 0 Å². The van der Waals surface area contributed by atoms with E-state index >= 15 is 0 Å². The van der Waals surface area contributed by atoms with Crippen molar-refractivity contribution >= 4 is 5.57 Å². The zero-order valence-corrected chi connectivity index (χ0v) is 7.33. The summed E-state index contributed by atoms with van der Waals surface area (Å²) in [5, 5.41) is 0. The van der Waals surface area contributed by atoms with E-state index < -0.39 is 0 Å². The van der Waals surface area contributed by atoms with Crippen molar-refractivity contribution < 1.29 is 4.39 Å². The largest absolute Gasteiger partial charge is 0.211 e. The van der Waals surface area contributed by atoms with Crippen molar-refractivity contribution in [3.8, 4) is 0 Å². The van der Waals surface area contributed by atoms with Crippen LogP contribution in [0.5, 0.6) is 0 Å². The number of hydrogen-bond acceptors (Lipinski definition) is 0. The van der Waals surface area contributed by atoms with E-state index in [-0.39, 0.29) is 5.83 Å². The van der Waals surface area contributed by atoms with Gasteiger partial charge in [-0.15, -0.1) is 0 Å². The molecule has 13 heavy (non-hydrogen) atoms. The Kier molecular flexibility index (Phi) is 2.26. The molecule has 0 atom stereocenters. The van der Waals surface area contributed by atoms with Gasteiger partial charge in [0.25, 0.3) is 0 Å². The molecule has 0 saturated carbocycles. The highest BCUT2D eigenvalue weighted by molar-refractivity contribution is 5.76. The van der Waals surface area contributed by atoms with Crippen LogP contribution in [0.3, 0.4) is 0 Å². The summed E-state index contributed by atoms with van der Waals surface area (Å²) in [5.41, 5.74) is 1.71. The van der Waals surface area contributed by atoms with E-state index in [4.69, 9.17) is 0 Å². The standard InChI is InChI=1S/C12H11F/c13-12-9-5-4-8-11(12)10-6-2-1-3-7-10/h1-4,6-8H,5,9H2. The highest BCUT2D eigenvalue weighted by atomic mass is 19.1. The average Bonchev–Trinajstić information content (AvgIpc) is 2.20. The molecule has 0 heterocycles. The predicted octanol–water partition coefficient (Wildman–Crippen LogP) is 3.72. The van der Waals surface area contributed by atoms with Crippen LogP contribution in [-0.2, 0) is 0 Å². The molecule has 0 N–H and O–H groups in total. The number of hydrogen-bond donors (Lipinski definition) is 0. The Balaban J connectivity index is 2.41. The molecule has 2 rings (SSSR count). The van der Waals surface area contributed by atoms with E-state index in [2.05, 4.69) is 0 Å². The fourth-order valence-corrected chi connectivity index (χ4v) is 1.51. The summed E-state index contributed by atoms with van der Waals surface area (Å²) in [6.07, 6.45) is 5.25. The molecule has 1 aliphatic carbocycles. The second-order valence-corrected chi connectivity index (χ2v) is 3.13. The summed E-state index contributed by atoms with van der Waals surface area (Å²) in [4.78, 5) is 0. The molecule has 1 heteroatoms. The molecule has 1 aliphatic rings. The van der Waals surface area contributed by atoms with Gasteiger partial charge in [0.2, 0.25) is 0 Å². The van der Waals surface area contributed by atoms with Crippen LogP contribution < -0.4 is 0 Å². The van der Waals surface area contributed by atoms with E-state index in [0.717, 1.165) is 17.6 Å². The summed E-state index contributed by atoms with van der Waals surface area (Å²) in [6.45, 7) is 0. The lowest BCUT2D eigenvalue weighted by Crippen LogP contribution is -1.89. The Morgan fingerprint density at radius 1 is 1.08 bits per heavy atom. The van der Waals surface area contributed by atoms with Crippen LogP contribution in [0.4, 0.5) is 4.39 Å². The molecule has 0 amide bonds. The Hall–Kier alpha value is -1.37. The highest BCUT2D eigenvalue weighted by Gasteiger charge is 2.08. The van der Waals surface area contributed by atoms with Crippen molar-refractivity contribution in [2.75, 3.05) is 0 Å². The topological polar surface area (TPSA) is 0 Å². The number of halogens is 1. The number of benzene rings is 1. The normalized spacial score (nSPS) is 16.4. The fourth-order valence-electron chi connectivity index (χ4n) is 1.51. The molecule has 0 spiro atoms. The summed E-state index contributed by atoms with van der Waals surface area (Å²) < 4.78 is 13.4. The van der Waals surface area contributed by atoms with Gasteiger partial charge in [-0.05, 0) is 12.0 Å². The Morgan fingerprint density at radius 2 is 1.85 bits per heavy atom. The summed E-state index contributed by atoms with van der Waals surface area (Å²) in [5.74, 6) is 0.00806. The van der Waals surface area contributed by atoms with Gasteiger partial charge in [-0.25, -0.2) is 4.39 Å². The molecule has 1 aromatic carbocycles. The van der Waals surface area contributed by atoms with E-state index in [1.165, 1.54) is 0 Å². The molecule has 0 saturated heterocycles. The first-order valence-electron chi connectivity index (χ1n) is 4.48. The van der Waals surface area contributed by atoms with Crippen molar-refractivity contribution in [3.05, 3.63) is 53.9 Å². The van der Waals surface area contributed by atoms with Crippen LogP contribution in [-0.4, -0.2) is 0 Å². The number of allylic oxidation sites excluding steroid dienone is 4. The van der Waals surface area contributed by atoms with Crippen LogP contribution in [0.15, 0.2) is 48.3 Å². The third-order valence-corrected chi connectivity index (χ3v) is 2.19. The molecule has 0 radical (unpaired) electrons. The van der Waals surface area contributed by atoms with Gasteiger partial charge in [0.15, 0.2) is 0 Å². The van der Waals surface area contributed by atoms with Crippen LogP contribution in [0.25, 0.3) is 5.57 Å². The van der Waals surface area contributed by atoms with Crippen molar-refractivity contribution in [2.24, 2.45) is 0 Å². The first-order valence-corrected chi connectivity index (χ1v) is 4.48. The summed E-state index contributed by atoms with van der Waals surface area (Å²) in [6, 6.07) is 9.67. The van der Waals surface area contributed by atoms with Crippen molar-refractivity contribution in [2.45, 2.75) is 12.8 Å². The number of rotatable bonds is 1. The average molecular weight is 174 g/mol. The molecule has 0 fully saturated rings. The maximum Gasteiger partial charge on any atom is 0.108 e. The summed E-state index contributed by atoms with van der Waals surface area (Å²) >= 11 is 0. The maximum absolute atomic E-state index is 13.4. The predicted molar refractivity (Wildman–Crippen MR) is 52.8 cm³/mol. The quantitative estimate of drug-likeness (QED) is 0.608. The van der Waals surface area contributed by atoms with Gasteiger partial charge in [0, 0.05) is 12.0 Å². The first-order chi connectivity index (χ1) is 6.38. The third-order valence-electron chi connectivity index (χ3n) is 2.19. The molecule has 0 bridgehead atoms. The SMILES string of the molecule is FC1=C(c2ccccc2)C=CCC1. The Bertz CT molecular complexity index is 347. The van der Waals surface area contributed by atoms with E-state index in [0.29, 0.717) is 6.42 Å². The summed E-state index contributed by atoms with van der Waals surface area (Å²) in [7, 11) is 0. The van der Waals surface area contributed by atoms with Crippen LogP contribution in [0, 0.1) is 0 Å². The molecular weight excluding hydrogens is 163 g/mol. The van der Waals surface area contributed by atoms with Gasteiger partial charge in [0.1, 0.15) is 5.83 Å². The monoisotopic (exact) mass is 174 g/mol. The van der Waals surface area contributed by atoms with Crippen molar-refractivity contribution in [1.29, 1.82) is 0 Å². The molecular formula is C12H11F. The van der Waals surface area contributed by atoms with E-state index in [9.17, 15) is 4.39 Å². The minimum atomic E-state index is 0.00806. The zero-order chi connectivity index (χ0) is 9.10. The van der Waals surface area contributed by atoms with Gasteiger partial charge in [-0.2, -0.15) is 0 Å². The molecule has 66 valence electrons. The van der Waals surface area contributed by atoms with Crippen molar-refractivity contribution in [1.82, 2.24) is 0 Å². The highest BCUT2D eigenvalue weighted by Crippen LogP contribution is 2.27. The minimum absolute atomic E-state index is 0.00806. The van der Waals surface area contributed by atoms with Crippen LogP contribution in [0.1, 0.15) is 18.4 Å². The smallest absolute Gasteiger partial charge is 0.108 e. The van der Waals surface area contributed by atoms with E-state index in [1.807, 2.05) is 42.5 Å². The van der Waals surface area contributed by atoms with Gasteiger partial charge < -0.3 is 0 Å². The lowest BCUT2D eigenvalue weighted by molar-refractivity contribution is 0.592. The molecule has 0 aliphatic heterocycles. The minimum Gasteiger partial charge on any atom is -0.211 e. The molecule has 1 aromatic rings. The van der Waals surface area contributed by atoms with Crippen molar-refractivity contribution in [3.63, 3.8) is 0 Å². The maximum atomic E-state index is 13.4. The fraction of sp³-hybridized carbons (Fsp3) is 0.167. The first kappa shape index (κ1) is 8.24. The van der Waals surface area contributed by atoms with Crippen LogP contribution in [0.2, 0.25) is 0 Å². The second kappa shape index (κ2) is 3.56. The zero-order valence-electron chi connectivity index (χ0n) is 7.33. The second-order valence-electron chi connectivity index (χ2n) is 3.13.